The van der Waals surface area contributed by atoms with E-state index < -0.39 is 0 Å². The number of esters is 1. The van der Waals surface area contributed by atoms with Gasteiger partial charge in [0.25, 0.3) is 0 Å². The van der Waals surface area contributed by atoms with Crippen LogP contribution in [0.2, 0.25) is 0 Å². The van der Waals surface area contributed by atoms with Crippen LogP contribution in [0, 0.1) is 0 Å². The molecule has 0 heterocycles. The van der Waals surface area contributed by atoms with Gasteiger partial charge in [-0.15, -0.1) is 0 Å². The normalized spacial score (nSPS) is 11.7. The number of benzene rings is 1. The summed E-state index contributed by atoms with van der Waals surface area (Å²) < 4.78 is 4.94. The topological polar surface area (TPSA) is 38.3 Å². The highest BCUT2D eigenvalue weighted by atomic mass is 16.5. The first kappa shape index (κ1) is 13.3. The minimum Gasteiger partial charge on any atom is -0.463 e. The van der Waals surface area contributed by atoms with Crippen LogP contribution in [0.1, 0.15) is 26.3 Å². The Balaban J connectivity index is 2.56. The minimum atomic E-state index is -0.259. The van der Waals surface area contributed by atoms with Gasteiger partial charge < -0.3 is 10.1 Å². The van der Waals surface area contributed by atoms with Crippen molar-refractivity contribution >= 4 is 5.97 Å². The standard InChI is InChI=1S/C14H19NO2/c1-4-17-14(16)11(2)12(3)15-10-13-8-6-5-7-9-13/h5-9,15H,4,10H2,1-3H3/b12-11-. The van der Waals surface area contributed by atoms with Gasteiger partial charge >= 0.3 is 5.97 Å². The van der Waals surface area contributed by atoms with Gasteiger partial charge in [0.05, 0.1) is 12.2 Å². The summed E-state index contributed by atoms with van der Waals surface area (Å²) in [5, 5.41) is 3.22. The smallest absolute Gasteiger partial charge is 0.335 e. The van der Waals surface area contributed by atoms with E-state index in [4.69, 9.17) is 4.74 Å². The first-order valence-electron chi connectivity index (χ1n) is 5.77. The average molecular weight is 233 g/mol. The van der Waals surface area contributed by atoms with Crippen molar-refractivity contribution < 1.29 is 9.53 Å². The highest BCUT2D eigenvalue weighted by Crippen LogP contribution is 2.05. The number of nitrogens with one attached hydrogen (secondary N) is 1. The fourth-order valence-electron chi connectivity index (χ4n) is 1.36. The van der Waals surface area contributed by atoms with Crippen molar-refractivity contribution in [2.45, 2.75) is 27.3 Å². The fourth-order valence-corrected chi connectivity index (χ4v) is 1.36. The molecule has 0 saturated heterocycles. The van der Waals surface area contributed by atoms with Crippen molar-refractivity contribution in [3.05, 3.63) is 47.2 Å². The van der Waals surface area contributed by atoms with E-state index in [9.17, 15) is 4.79 Å². The minimum absolute atomic E-state index is 0.259. The SMILES string of the molecule is CCOC(=O)/C(C)=C(/C)NCc1ccccc1. The second-order valence-corrected chi connectivity index (χ2v) is 3.81. The van der Waals surface area contributed by atoms with E-state index in [1.165, 1.54) is 5.56 Å². The van der Waals surface area contributed by atoms with Gasteiger partial charge in [0, 0.05) is 12.2 Å². The molecule has 0 atom stereocenters. The van der Waals surface area contributed by atoms with Crippen LogP contribution in [-0.2, 0) is 16.1 Å². The molecule has 0 aromatic heterocycles. The maximum Gasteiger partial charge on any atom is 0.335 e. The predicted octanol–water partition coefficient (Wildman–Crippen LogP) is 2.63. The fraction of sp³-hybridized carbons (Fsp3) is 0.357. The molecule has 0 amide bonds. The second kappa shape index (κ2) is 6.74. The molecule has 1 N–H and O–H groups in total. The zero-order chi connectivity index (χ0) is 12.7. The predicted molar refractivity (Wildman–Crippen MR) is 68.3 cm³/mol. The molecular weight excluding hydrogens is 214 g/mol. The molecule has 0 bridgehead atoms. The summed E-state index contributed by atoms with van der Waals surface area (Å²) in [5.74, 6) is -0.259. The summed E-state index contributed by atoms with van der Waals surface area (Å²) in [6.45, 7) is 6.57. The van der Waals surface area contributed by atoms with Gasteiger partial charge in [-0.05, 0) is 26.3 Å². The van der Waals surface area contributed by atoms with Crippen molar-refractivity contribution in [1.82, 2.24) is 5.32 Å². The van der Waals surface area contributed by atoms with Crippen LogP contribution in [0.4, 0.5) is 0 Å². The van der Waals surface area contributed by atoms with Gasteiger partial charge in [0.15, 0.2) is 0 Å². The third-order valence-electron chi connectivity index (χ3n) is 2.54. The van der Waals surface area contributed by atoms with Crippen molar-refractivity contribution in [2.24, 2.45) is 0 Å². The molecule has 0 fully saturated rings. The largest absolute Gasteiger partial charge is 0.463 e. The van der Waals surface area contributed by atoms with Crippen molar-refractivity contribution in [2.75, 3.05) is 6.61 Å². The Bertz CT molecular complexity index is 396. The van der Waals surface area contributed by atoms with Crippen LogP contribution in [0.5, 0.6) is 0 Å². The molecule has 0 unspecified atom stereocenters. The molecule has 17 heavy (non-hydrogen) atoms. The molecule has 1 rings (SSSR count). The molecule has 0 aliphatic rings. The molecule has 0 radical (unpaired) electrons. The van der Waals surface area contributed by atoms with E-state index in [0.717, 1.165) is 5.70 Å². The number of hydrogen-bond acceptors (Lipinski definition) is 3. The van der Waals surface area contributed by atoms with E-state index in [1.807, 2.05) is 37.3 Å². The van der Waals surface area contributed by atoms with Gasteiger partial charge in [-0.3, -0.25) is 0 Å². The molecule has 92 valence electrons. The number of rotatable bonds is 5. The first-order chi connectivity index (χ1) is 8.15. The van der Waals surface area contributed by atoms with Gasteiger partial charge in [0.2, 0.25) is 0 Å². The molecule has 0 aliphatic heterocycles. The van der Waals surface area contributed by atoms with E-state index in [-0.39, 0.29) is 5.97 Å². The van der Waals surface area contributed by atoms with Crippen LogP contribution >= 0.6 is 0 Å². The maximum atomic E-state index is 11.5. The number of carbonyl (C=O) groups is 1. The summed E-state index contributed by atoms with van der Waals surface area (Å²) in [6, 6.07) is 10.1. The zero-order valence-corrected chi connectivity index (χ0v) is 10.6. The zero-order valence-electron chi connectivity index (χ0n) is 10.6. The summed E-state index contributed by atoms with van der Waals surface area (Å²) in [5.41, 5.74) is 2.67. The maximum absolute atomic E-state index is 11.5. The van der Waals surface area contributed by atoms with Gasteiger partial charge in [-0.2, -0.15) is 0 Å². The average Bonchev–Trinajstić information content (AvgIpc) is 2.36. The first-order valence-corrected chi connectivity index (χ1v) is 5.77. The van der Waals surface area contributed by atoms with Crippen LogP contribution in [-0.4, -0.2) is 12.6 Å². The lowest BCUT2D eigenvalue weighted by molar-refractivity contribution is -0.138. The summed E-state index contributed by atoms with van der Waals surface area (Å²) in [6.07, 6.45) is 0. The molecule has 0 saturated carbocycles. The van der Waals surface area contributed by atoms with Crippen LogP contribution < -0.4 is 5.32 Å². The monoisotopic (exact) mass is 233 g/mol. The Morgan fingerprint density at radius 3 is 2.47 bits per heavy atom. The Morgan fingerprint density at radius 1 is 1.24 bits per heavy atom. The summed E-state index contributed by atoms with van der Waals surface area (Å²) in [7, 11) is 0. The Morgan fingerprint density at radius 2 is 1.88 bits per heavy atom. The number of ether oxygens (including phenoxy) is 1. The summed E-state index contributed by atoms with van der Waals surface area (Å²) >= 11 is 0. The third kappa shape index (κ3) is 4.31. The lowest BCUT2D eigenvalue weighted by Crippen LogP contribution is -2.16. The van der Waals surface area contributed by atoms with Crippen LogP contribution in [0.15, 0.2) is 41.6 Å². The van der Waals surface area contributed by atoms with E-state index >= 15 is 0 Å². The lowest BCUT2D eigenvalue weighted by atomic mass is 10.2. The Kier molecular flexibility index (Phi) is 5.27. The molecule has 0 spiro atoms. The van der Waals surface area contributed by atoms with Crippen LogP contribution in [0.25, 0.3) is 0 Å². The highest BCUT2D eigenvalue weighted by molar-refractivity contribution is 5.88. The van der Waals surface area contributed by atoms with Crippen LogP contribution in [0.3, 0.4) is 0 Å². The van der Waals surface area contributed by atoms with E-state index in [1.54, 1.807) is 13.8 Å². The van der Waals surface area contributed by atoms with Gasteiger partial charge in [-0.25, -0.2) is 4.79 Å². The Labute approximate surface area is 102 Å². The van der Waals surface area contributed by atoms with Crippen molar-refractivity contribution in [1.29, 1.82) is 0 Å². The van der Waals surface area contributed by atoms with Crippen molar-refractivity contribution in [3.8, 4) is 0 Å². The number of hydrogen-bond donors (Lipinski definition) is 1. The van der Waals surface area contributed by atoms with Gasteiger partial charge in [-0.1, -0.05) is 30.3 Å². The molecule has 1 aromatic carbocycles. The molecular formula is C14H19NO2. The quantitative estimate of drug-likeness (QED) is 0.627. The van der Waals surface area contributed by atoms with E-state index in [2.05, 4.69) is 5.32 Å². The van der Waals surface area contributed by atoms with E-state index in [0.29, 0.717) is 18.7 Å². The molecule has 3 heteroatoms. The molecule has 1 aromatic rings. The molecule has 0 aliphatic carbocycles. The third-order valence-corrected chi connectivity index (χ3v) is 2.54. The van der Waals surface area contributed by atoms with Crippen molar-refractivity contribution in [3.63, 3.8) is 0 Å². The van der Waals surface area contributed by atoms with Gasteiger partial charge in [0.1, 0.15) is 0 Å². The number of allylic oxidation sites excluding steroid dienone is 1. The number of carbonyl (C=O) groups excluding carboxylic acids is 1. The second-order valence-electron chi connectivity index (χ2n) is 3.81. The summed E-state index contributed by atoms with van der Waals surface area (Å²) in [4.78, 5) is 11.5. The molecule has 3 nitrogen and oxygen atoms in total. The lowest BCUT2D eigenvalue weighted by Gasteiger charge is -2.10. The highest BCUT2D eigenvalue weighted by Gasteiger charge is 2.07. The Hall–Kier alpha value is -1.77.